The van der Waals surface area contributed by atoms with Crippen LogP contribution in [0.5, 0.6) is 5.75 Å². The molecule has 0 saturated heterocycles. The molecule has 0 aliphatic rings. The maximum atomic E-state index is 14.2. The quantitative estimate of drug-likeness (QED) is 0.334. The molecule has 3 N–H and O–H groups in total. The highest BCUT2D eigenvalue weighted by atomic mass is 19.1. The molecule has 0 bridgehead atoms. The number of aliphatic carboxylic acids is 1. The summed E-state index contributed by atoms with van der Waals surface area (Å²) in [6.45, 7) is 0. The standard InChI is InChI=1S/C28H21F2NO4/c29-21-11-12-22(24(30)16-21)20-10-13-26(32)23(15-20)27(33)31-25(28(34)35)14-17-6-8-19(9-7-17)18-4-2-1-3-5-18/h1-13,15-16,25,32H,14H2,(H,31,33)(H,34,35)/t25-/m0/s1. The van der Waals surface area contributed by atoms with Crippen molar-refractivity contribution in [1.29, 1.82) is 0 Å². The molecule has 4 aromatic carbocycles. The molecule has 0 unspecified atom stereocenters. The van der Waals surface area contributed by atoms with Gasteiger partial charge in [-0.25, -0.2) is 13.6 Å². The number of phenolic OH excluding ortho intramolecular Hbond substituents is 1. The monoisotopic (exact) mass is 473 g/mol. The Morgan fingerprint density at radius 1 is 0.800 bits per heavy atom. The molecule has 176 valence electrons. The van der Waals surface area contributed by atoms with Crippen LogP contribution in [0.25, 0.3) is 22.3 Å². The van der Waals surface area contributed by atoms with E-state index in [9.17, 15) is 28.6 Å². The van der Waals surface area contributed by atoms with Gasteiger partial charge in [0.1, 0.15) is 23.4 Å². The van der Waals surface area contributed by atoms with Crippen molar-refractivity contribution in [2.45, 2.75) is 12.5 Å². The van der Waals surface area contributed by atoms with Crippen molar-refractivity contribution in [2.75, 3.05) is 0 Å². The molecular weight excluding hydrogens is 452 g/mol. The van der Waals surface area contributed by atoms with Crippen LogP contribution in [-0.2, 0) is 11.2 Å². The molecular formula is C28H21F2NO4. The van der Waals surface area contributed by atoms with Crippen LogP contribution in [0.15, 0.2) is 91.0 Å². The van der Waals surface area contributed by atoms with Crippen molar-refractivity contribution >= 4 is 11.9 Å². The number of amides is 1. The lowest BCUT2D eigenvalue weighted by Gasteiger charge is -2.16. The first-order valence-corrected chi connectivity index (χ1v) is 10.8. The summed E-state index contributed by atoms with van der Waals surface area (Å²) in [7, 11) is 0. The molecule has 0 spiro atoms. The molecule has 0 aromatic heterocycles. The molecule has 0 heterocycles. The maximum absolute atomic E-state index is 14.2. The molecule has 1 amide bonds. The Morgan fingerprint density at radius 2 is 1.46 bits per heavy atom. The first-order valence-electron chi connectivity index (χ1n) is 10.8. The van der Waals surface area contributed by atoms with Gasteiger partial charge in [0.25, 0.3) is 5.91 Å². The maximum Gasteiger partial charge on any atom is 0.326 e. The van der Waals surface area contributed by atoms with E-state index in [1.807, 2.05) is 42.5 Å². The third-order valence-electron chi connectivity index (χ3n) is 5.59. The Kier molecular flexibility index (Phi) is 6.87. The summed E-state index contributed by atoms with van der Waals surface area (Å²) >= 11 is 0. The van der Waals surface area contributed by atoms with E-state index < -0.39 is 35.3 Å². The zero-order chi connectivity index (χ0) is 24.9. The lowest BCUT2D eigenvalue weighted by Crippen LogP contribution is -2.42. The van der Waals surface area contributed by atoms with Gasteiger partial charge in [0.05, 0.1) is 5.56 Å². The number of carboxylic acid groups (broad SMARTS) is 1. The number of hydrogen-bond acceptors (Lipinski definition) is 3. The number of aromatic hydroxyl groups is 1. The summed E-state index contributed by atoms with van der Waals surface area (Å²) in [4.78, 5) is 24.7. The van der Waals surface area contributed by atoms with Gasteiger partial charge in [-0.1, -0.05) is 60.7 Å². The summed E-state index contributed by atoms with van der Waals surface area (Å²) in [6.07, 6.45) is 0.0170. The second-order valence-corrected chi connectivity index (χ2v) is 7.99. The van der Waals surface area contributed by atoms with Crippen LogP contribution >= 0.6 is 0 Å². The van der Waals surface area contributed by atoms with Gasteiger partial charge in [0, 0.05) is 18.1 Å². The van der Waals surface area contributed by atoms with Gasteiger partial charge in [0.15, 0.2) is 0 Å². The SMILES string of the molecule is O=C(N[C@@H](Cc1ccc(-c2ccccc2)cc1)C(=O)O)c1cc(-c2ccc(F)cc2F)ccc1O. The third kappa shape index (κ3) is 5.52. The Balaban J connectivity index is 1.53. The minimum atomic E-state index is -1.27. The molecule has 0 saturated carbocycles. The van der Waals surface area contributed by atoms with Crippen molar-refractivity contribution in [3.05, 3.63) is 114 Å². The van der Waals surface area contributed by atoms with Crippen LogP contribution in [0.1, 0.15) is 15.9 Å². The number of carbonyl (C=O) groups excluding carboxylic acids is 1. The number of carbonyl (C=O) groups is 2. The Morgan fingerprint density at radius 3 is 2.11 bits per heavy atom. The van der Waals surface area contributed by atoms with Gasteiger partial charge in [0.2, 0.25) is 0 Å². The predicted molar refractivity (Wildman–Crippen MR) is 128 cm³/mol. The second-order valence-electron chi connectivity index (χ2n) is 7.99. The van der Waals surface area contributed by atoms with E-state index in [-0.39, 0.29) is 23.1 Å². The van der Waals surface area contributed by atoms with Crippen molar-refractivity contribution < 1.29 is 28.6 Å². The van der Waals surface area contributed by atoms with Gasteiger partial charge in [-0.05, 0) is 46.5 Å². The van der Waals surface area contributed by atoms with Gasteiger partial charge in [-0.15, -0.1) is 0 Å². The number of carboxylic acids is 1. The minimum Gasteiger partial charge on any atom is -0.507 e. The van der Waals surface area contributed by atoms with Crippen LogP contribution < -0.4 is 5.32 Å². The fourth-order valence-electron chi connectivity index (χ4n) is 3.74. The number of nitrogens with one attached hydrogen (secondary N) is 1. The van der Waals surface area contributed by atoms with E-state index in [1.165, 1.54) is 24.3 Å². The van der Waals surface area contributed by atoms with Crippen molar-refractivity contribution in [3.8, 4) is 28.0 Å². The molecule has 4 rings (SSSR count). The summed E-state index contributed by atoms with van der Waals surface area (Å²) in [5, 5.41) is 22.3. The fourth-order valence-corrected chi connectivity index (χ4v) is 3.74. The molecule has 0 aliphatic heterocycles. The minimum absolute atomic E-state index is 0.0170. The Hall–Kier alpha value is -4.52. The highest BCUT2D eigenvalue weighted by Crippen LogP contribution is 2.28. The van der Waals surface area contributed by atoms with Crippen LogP contribution in [-0.4, -0.2) is 28.1 Å². The molecule has 0 fully saturated rings. The number of phenols is 1. The largest absolute Gasteiger partial charge is 0.507 e. The lowest BCUT2D eigenvalue weighted by atomic mass is 9.99. The molecule has 5 nitrogen and oxygen atoms in total. The number of halogens is 2. The normalized spacial score (nSPS) is 11.6. The van der Waals surface area contributed by atoms with Crippen LogP contribution in [0, 0.1) is 11.6 Å². The number of hydrogen-bond donors (Lipinski definition) is 3. The van der Waals surface area contributed by atoms with E-state index >= 15 is 0 Å². The van der Waals surface area contributed by atoms with Crippen LogP contribution in [0.4, 0.5) is 8.78 Å². The second kappa shape index (κ2) is 10.2. The van der Waals surface area contributed by atoms with E-state index in [2.05, 4.69) is 5.32 Å². The Bertz CT molecular complexity index is 1370. The summed E-state index contributed by atoms with van der Waals surface area (Å²) < 4.78 is 27.4. The average molecular weight is 473 g/mol. The van der Waals surface area contributed by atoms with Gasteiger partial charge < -0.3 is 15.5 Å². The Labute approximate surface area is 200 Å². The molecule has 4 aromatic rings. The number of benzene rings is 4. The molecule has 35 heavy (non-hydrogen) atoms. The third-order valence-corrected chi connectivity index (χ3v) is 5.59. The number of rotatable bonds is 7. The van der Waals surface area contributed by atoms with Crippen molar-refractivity contribution in [1.82, 2.24) is 5.32 Å². The molecule has 0 aliphatic carbocycles. The zero-order valence-electron chi connectivity index (χ0n) is 18.4. The van der Waals surface area contributed by atoms with E-state index in [0.717, 1.165) is 17.2 Å². The van der Waals surface area contributed by atoms with Gasteiger partial charge in [-0.2, -0.15) is 0 Å². The highest BCUT2D eigenvalue weighted by Gasteiger charge is 2.23. The summed E-state index contributed by atoms with van der Waals surface area (Å²) in [5.74, 6) is -4.05. The van der Waals surface area contributed by atoms with Gasteiger partial charge >= 0.3 is 5.97 Å². The van der Waals surface area contributed by atoms with E-state index in [0.29, 0.717) is 11.6 Å². The molecule has 0 radical (unpaired) electrons. The topological polar surface area (TPSA) is 86.6 Å². The zero-order valence-corrected chi connectivity index (χ0v) is 18.4. The van der Waals surface area contributed by atoms with Crippen molar-refractivity contribution in [3.63, 3.8) is 0 Å². The van der Waals surface area contributed by atoms with Gasteiger partial charge in [-0.3, -0.25) is 4.79 Å². The van der Waals surface area contributed by atoms with Crippen molar-refractivity contribution in [2.24, 2.45) is 0 Å². The first kappa shape index (κ1) is 23.6. The van der Waals surface area contributed by atoms with E-state index in [4.69, 9.17) is 0 Å². The molecule has 7 heteroatoms. The fraction of sp³-hybridized carbons (Fsp3) is 0.0714. The average Bonchev–Trinajstić information content (AvgIpc) is 2.85. The van der Waals surface area contributed by atoms with Crippen LogP contribution in [0.3, 0.4) is 0 Å². The lowest BCUT2D eigenvalue weighted by molar-refractivity contribution is -0.139. The predicted octanol–water partition coefficient (Wildman–Crippen LogP) is 5.43. The smallest absolute Gasteiger partial charge is 0.326 e. The van der Waals surface area contributed by atoms with E-state index in [1.54, 1.807) is 12.1 Å². The summed E-state index contributed by atoms with van der Waals surface area (Å²) in [6, 6.07) is 22.6. The summed E-state index contributed by atoms with van der Waals surface area (Å²) in [5.41, 5.74) is 2.73. The van der Waals surface area contributed by atoms with Crippen LogP contribution in [0.2, 0.25) is 0 Å². The highest BCUT2D eigenvalue weighted by molar-refractivity contribution is 6.00. The first-order chi connectivity index (χ1) is 16.8. The molecule has 1 atom stereocenters.